The third kappa shape index (κ3) is 2.16. The van der Waals surface area contributed by atoms with E-state index >= 15 is 0 Å². The van der Waals surface area contributed by atoms with Crippen molar-refractivity contribution in [3.8, 4) is 0 Å². The summed E-state index contributed by atoms with van der Waals surface area (Å²) in [6.45, 7) is 15.2. The Morgan fingerprint density at radius 1 is 1.05 bits per heavy atom. The van der Waals surface area contributed by atoms with Crippen LogP contribution in [0.25, 0.3) is 0 Å². The van der Waals surface area contributed by atoms with Crippen LogP contribution in [0.2, 0.25) is 0 Å². The molecule has 0 spiro atoms. The minimum absolute atomic E-state index is 0.477. The summed E-state index contributed by atoms with van der Waals surface area (Å²) in [6.07, 6.45) is 4.20. The molecule has 0 aromatic heterocycles. The summed E-state index contributed by atoms with van der Waals surface area (Å²) in [5, 5.41) is 3.91. The Morgan fingerprint density at radius 3 is 2.29 bits per heavy atom. The van der Waals surface area contributed by atoms with E-state index in [1.807, 2.05) is 0 Å². The van der Waals surface area contributed by atoms with Crippen LogP contribution >= 0.6 is 0 Å². The van der Waals surface area contributed by atoms with Gasteiger partial charge in [-0.2, -0.15) is 0 Å². The number of aryl methyl sites for hydroxylation is 3. The molecule has 1 nitrogen and oxygen atoms in total. The first-order chi connectivity index (χ1) is 9.75. The Morgan fingerprint density at radius 2 is 1.71 bits per heavy atom. The molecular formula is C20H31N. The maximum absolute atomic E-state index is 3.91. The molecule has 0 heterocycles. The predicted molar refractivity (Wildman–Crippen MR) is 90.5 cm³/mol. The van der Waals surface area contributed by atoms with Crippen LogP contribution in [0.5, 0.6) is 0 Å². The second kappa shape index (κ2) is 4.84. The third-order valence-corrected chi connectivity index (χ3v) is 7.29. The summed E-state index contributed by atoms with van der Waals surface area (Å²) in [7, 11) is 0. The van der Waals surface area contributed by atoms with Crippen molar-refractivity contribution in [3.05, 3.63) is 34.4 Å². The van der Waals surface area contributed by atoms with E-state index < -0.39 is 0 Å². The summed E-state index contributed by atoms with van der Waals surface area (Å²) in [6, 6.07) is 5.39. The predicted octanol–water partition coefficient (Wildman–Crippen LogP) is 4.92. The van der Waals surface area contributed by atoms with Gasteiger partial charge >= 0.3 is 0 Å². The number of nitrogens with one attached hydrogen (secondary N) is 1. The number of rotatable bonds is 3. The maximum Gasteiger partial charge on any atom is 0.0211 e. The van der Waals surface area contributed by atoms with Crippen molar-refractivity contribution in [2.45, 2.75) is 73.4 Å². The van der Waals surface area contributed by atoms with Gasteiger partial charge in [0.15, 0.2) is 0 Å². The lowest BCUT2D eigenvalue weighted by Gasteiger charge is -2.39. The molecule has 3 rings (SSSR count). The third-order valence-electron chi connectivity index (χ3n) is 7.29. The average molecular weight is 285 g/mol. The van der Waals surface area contributed by atoms with E-state index in [-0.39, 0.29) is 0 Å². The fourth-order valence-electron chi connectivity index (χ4n) is 4.96. The zero-order chi connectivity index (χ0) is 15.4. The first kappa shape index (κ1) is 15.1. The monoisotopic (exact) mass is 285 g/mol. The van der Waals surface area contributed by atoms with E-state index in [1.54, 1.807) is 0 Å². The molecule has 1 heteroatoms. The molecule has 2 bridgehead atoms. The molecule has 1 N–H and O–H groups in total. The van der Waals surface area contributed by atoms with Crippen LogP contribution < -0.4 is 5.32 Å². The van der Waals surface area contributed by atoms with Gasteiger partial charge in [0.05, 0.1) is 0 Å². The van der Waals surface area contributed by atoms with Crippen LogP contribution in [0.1, 0.15) is 62.3 Å². The molecule has 116 valence electrons. The van der Waals surface area contributed by atoms with E-state index in [0.717, 1.165) is 12.5 Å². The molecule has 2 aliphatic carbocycles. The zero-order valence-corrected chi connectivity index (χ0v) is 14.6. The molecule has 2 aliphatic rings. The number of hydrogen-bond acceptors (Lipinski definition) is 1. The molecule has 0 radical (unpaired) electrons. The molecule has 0 aliphatic heterocycles. The Hall–Kier alpha value is -0.820. The largest absolute Gasteiger partial charge is 0.309 e. The first-order valence-electron chi connectivity index (χ1n) is 8.56. The van der Waals surface area contributed by atoms with Gasteiger partial charge in [0.1, 0.15) is 0 Å². The summed E-state index contributed by atoms with van der Waals surface area (Å²) < 4.78 is 0. The molecule has 21 heavy (non-hydrogen) atoms. The lowest BCUT2D eigenvalue weighted by Crippen LogP contribution is -2.44. The van der Waals surface area contributed by atoms with E-state index in [2.05, 4.69) is 59.0 Å². The minimum atomic E-state index is 0.477. The standard InChI is InChI=1S/C20H31N/c1-13-9-15(3)16(10-14(13)2)12-21-18-11-17-7-8-20(18,6)19(17,4)5/h9-10,17-18,21H,7-8,11-12H2,1-6H3. The summed E-state index contributed by atoms with van der Waals surface area (Å²) in [5.74, 6) is 0.917. The van der Waals surface area contributed by atoms with E-state index in [1.165, 1.54) is 41.5 Å². The molecule has 3 unspecified atom stereocenters. The van der Waals surface area contributed by atoms with Crippen molar-refractivity contribution < 1.29 is 0 Å². The van der Waals surface area contributed by atoms with Gasteiger partial charge in [0.2, 0.25) is 0 Å². The summed E-state index contributed by atoms with van der Waals surface area (Å²) in [4.78, 5) is 0. The van der Waals surface area contributed by atoms with Gasteiger partial charge in [0, 0.05) is 12.6 Å². The van der Waals surface area contributed by atoms with Crippen molar-refractivity contribution >= 4 is 0 Å². The van der Waals surface area contributed by atoms with Crippen molar-refractivity contribution in [2.24, 2.45) is 16.7 Å². The molecule has 1 aromatic rings. The molecule has 1 aromatic carbocycles. The number of fused-ring (bicyclic) bond motifs is 2. The average Bonchev–Trinajstić information content (AvgIpc) is 2.74. The van der Waals surface area contributed by atoms with E-state index in [9.17, 15) is 0 Å². The molecule has 0 amide bonds. The molecule has 2 fully saturated rings. The van der Waals surface area contributed by atoms with Gasteiger partial charge in [-0.05, 0) is 79.0 Å². The molecule has 3 atom stereocenters. The van der Waals surface area contributed by atoms with E-state index in [4.69, 9.17) is 0 Å². The van der Waals surface area contributed by atoms with Gasteiger partial charge in [-0.15, -0.1) is 0 Å². The number of benzene rings is 1. The fraction of sp³-hybridized carbons (Fsp3) is 0.700. The van der Waals surface area contributed by atoms with Crippen LogP contribution in [0.15, 0.2) is 12.1 Å². The second-order valence-corrected chi connectivity index (χ2v) is 8.41. The molecule has 2 saturated carbocycles. The highest BCUT2D eigenvalue weighted by molar-refractivity contribution is 5.36. The lowest BCUT2D eigenvalue weighted by atomic mass is 9.69. The van der Waals surface area contributed by atoms with Crippen molar-refractivity contribution in [3.63, 3.8) is 0 Å². The normalized spacial score (nSPS) is 33.6. The van der Waals surface area contributed by atoms with Crippen LogP contribution in [0.3, 0.4) is 0 Å². The van der Waals surface area contributed by atoms with Gasteiger partial charge in [0.25, 0.3) is 0 Å². The molecular weight excluding hydrogens is 254 g/mol. The minimum Gasteiger partial charge on any atom is -0.309 e. The highest BCUT2D eigenvalue weighted by Gasteiger charge is 2.60. The second-order valence-electron chi connectivity index (χ2n) is 8.41. The Kier molecular flexibility index (Phi) is 3.48. The topological polar surface area (TPSA) is 12.0 Å². The maximum atomic E-state index is 3.91. The van der Waals surface area contributed by atoms with Crippen LogP contribution in [-0.4, -0.2) is 6.04 Å². The Labute approximate surface area is 130 Å². The smallest absolute Gasteiger partial charge is 0.0211 e. The van der Waals surface area contributed by atoms with Crippen LogP contribution in [0, 0.1) is 37.5 Å². The fourth-order valence-corrected chi connectivity index (χ4v) is 4.96. The highest BCUT2D eigenvalue weighted by Crippen LogP contribution is 2.65. The highest BCUT2D eigenvalue weighted by atomic mass is 15.0. The van der Waals surface area contributed by atoms with Crippen LogP contribution in [0.4, 0.5) is 0 Å². The number of hydrogen-bond donors (Lipinski definition) is 1. The van der Waals surface area contributed by atoms with Gasteiger partial charge in [-0.25, -0.2) is 0 Å². The summed E-state index contributed by atoms with van der Waals surface area (Å²) >= 11 is 0. The van der Waals surface area contributed by atoms with Crippen LogP contribution in [-0.2, 0) is 6.54 Å². The van der Waals surface area contributed by atoms with Gasteiger partial charge < -0.3 is 5.32 Å². The quantitative estimate of drug-likeness (QED) is 0.831. The zero-order valence-electron chi connectivity index (χ0n) is 14.6. The SMILES string of the molecule is Cc1cc(C)c(CNC2CC3CCC2(C)C3(C)C)cc1C. The van der Waals surface area contributed by atoms with E-state index in [0.29, 0.717) is 16.9 Å². The molecule has 0 saturated heterocycles. The summed E-state index contributed by atoms with van der Waals surface area (Å²) in [5.41, 5.74) is 6.70. The van der Waals surface area contributed by atoms with Crippen molar-refractivity contribution in [1.29, 1.82) is 0 Å². The Balaban J connectivity index is 1.74. The van der Waals surface area contributed by atoms with Gasteiger partial charge in [-0.1, -0.05) is 32.9 Å². The van der Waals surface area contributed by atoms with Gasteiger partial charge in [-0.3, -0.25) is 0 Å². The van der Waals surface area contributed by atoms with Crippen molar-refractivity contribution in [1.82, 2.24) is 5.32 Å². The van der Waals surface area contributed by atoms with Crippen molar-refractivity contribution in [2.75, 3.05) is 0 Å². The Bertz CT molecular complexity index is 557. The first-order valence-corrected chi connectivity index (χ1v) is 8.56. The lowest BCUT2D eigenvalue weighted by molar-refractivity contribution is 0.120.